The average Bonchev–Trinajstić information content (AvgIpc) is 3.07. The van der Waals surface area contributed by atoms with Crippen LogP contribution in [0.3, 0.4) is 0 Å². The molecule has 0 saturated heterocycles. The Balaban J connectivity index is 1.82. The summed E-state index contributed by atoms with van der Waals surface area (Å²) in [5.74, 6) is 0.246. The molecule has 0 aliphatic carbocycles. The molecule has 0 saturated carbocycles. The van der Waals surface area contributed by atoms with Crippen molar-refractivity contribution in [3.8, 4) is 28.6 Å². The van der Waals surface area contributed by atoms with Gasteiger partial charge in [0.1, 0.15) is 5.75 Å². The predicted molar refractivity (Wildman–Crippen MR) is 97.7 cm³/mol. The van der Waals surface area contributed by atoms with Crippen molar-refractivity contribution < 1.29 is 9.63 Å². The molecule has 2 N–H and O–H groups in total. The van der Waals surface area contributed by atoms with Crippen LogP contribution in [0.15, 0.2) is 56.3 Å². The number of H-pyrrole nitrogens is 1. The van der Waals surface area contributed by atoms with Crippen LogP contribution in [0, 0.1) is 0 Å². The Kier molecular flexibility index (Phi) is 3.82. The Morgan fingerprint density at radius 3 is 2.80 bits per heavy atom. The number of hydrogen-bond acceptors (Lipinski definition) is 5. The summed E-state index contributed by atoms with van der Waals surface area (Å²) in [6.45, 7) is 0. The molecule has 0 unspecified atom stereocenters. The SMILES string of the molecule is O=c1[nH]c2ccc(Br)cc2cc1-c1noc(-c2ccc(Cl)c(O)c2)n1. The van der Waals surface area contributed by atoms with Gasteiger partial charge in [-0.05, 0) is 42.5 Å². The van der Waals surface area contributed by atoms with E-state index < -0.39 is 0 Å². The number of nitrogens with one attached hydrogen (secondary N) is 1. The van der Waals surface area contributed by atoms with Crippen LogP contribution in [0.4, 0.5) is 0 Å². The standard InChI is InChI=1S/C17H9BrClN3O3/c18-10-2-4-13-9(5-10)6-11(16(24)20-13)15-21-17(25-22-15)8-1-3-12(19)14(23)7-8/h1-7,23H,(H,20,24). The Hall–Kier alpha value is -2.64. The summed E-state index contributed by atoms with van der Waals surface area (Å²) in [7, 11) is 0. The zero-order valence-electron chi connectivity index (χ0n) is 12.5. The van der Waals surface area contributed by atoms with Crippen LogP contribution in [0.1, 0.15) is 0 Å². The van der Waals surface area contributed by atoms with E-state index in [0.29, 0.717) is 16.6 Å². The summed E-state index contributed by atoms with van der Waals surface area (Å²) in [4.78, 5) is 19.4. The third-order valence-electron chi connectivity index (χ3n) is 3.67. The van der Waals surface area contributed by atoms with Gasteiger partial charge in [0, 0.05) is 20.9 Å². The Labute approximate surface area is 154 Å². The van der Waals surface area contributed by atoms with Gasteiger partial charge in [-0.15, -0.1) is 0 Å². The third kappa shape index (κ3) is 2.92. The number of fused-ring (bicyclic) bond motifs is 1. The van der Waals surface area contributed by atoms with E-state index in [-0.39, 0.29) is 28.0 Å². The molecule has 124 valence electrons. The molecule has 2 aromatic heterocycles. The highest BCUT2D eigenvalue weighted by atomic mass is 79.9. The van der Waals surface area contributed by atoms with Gasteiger partial charge in [0.05, 0.1) is 10.6 Å². The summed E-state index contributed by atoms with van der Waals surface area (Å²) in [6.07, 6.45) is 0. The van der Waals surface area contributed by atoms with E-state index >= 15 is 0 Å². The van der Waals surface area contributed by atoms with Crippen molar-refractivity contribution in [1.29, 1.82) is 0 Å². The molecule has 4 aromatic rings. The third-order valence-corrected chi connectivity index (χ3v) is 4.48. The Morgan fingerprint density at radius 1 is 1.16 bits per heavy atom. The lowest BCUT2D eigenvalue weighted by Gasteiger charge is -2.00. The average molecular weight is 419 g/mol. The van der Waals surface area contributed by atoms with Crippen molar-refractivity contribution in [2.75, 3.05) is 0 Å². The number of aromatic nitrogens is 3. The van der Waals surface area contributed by atoms with Gasteiger partial charge in [-0.1, -0.05) is 32.7 Å². The molecule has 0 atom stereocenters. The zero-order valence-corrected chi connectivity index (χ0v) is 14.8. The first-order chi connectivity index (χ1) is 12.0. The second-order valence-electron chi connectivity index (χ2n) is 5.33. The second-order valence-corrected chi connectivity index (χ2v) is 6.66. The van der Waals surface area contributed by atoms with Crippen LogP contribution in [0.2, 0.25) is 5.02 Å². The molecule has 2 heterocycles. The van der Waals surface area contributed by atoms with Crippen molar-refractivity contribution in [3.63, 3.8) is 0 Å². The van der Waals surface area contributed by atoms with E-state index in [1.165, 1.54) is 12.1 Å². The maximum Gasteiger partial charge on any atom is 0.259 e. The van der Waals surface area contributed by atoms with E-state index in [1.54, 1.807) is 12.1 Å². The van der Waals surface area contributed by atoms with Crippen LogP contribution in [0.5, 0.6) is 5.75 Å². The van der Waals surface area contributed by atoms with Crippen LogP contribution in [-0.4, -0.2) is 20.2 Å². The molecule has 0 bridgehead atoms. The number of pyridine rings is 1. The number of aromatic hydroxyl groups is 1. The van der Waals surface area contributed by atoms with E-state index in [1.807, 2.05) is 18.2 Å². The van der Waals surface area contributed by atoms with E-state index in [9.17, 15) is 9.90 Å². The van der Waals surface area contributed by atoms with Crippen LogP contribution < -0.4 is 5.56 Å². The zero-order chi connectivity index (χ0) is 17.6. The van der Waals surface area contributed by atoms with Crippen LogP contribution in [-0.2, 0) is 0 Å². The van der Waals surface area contributed by atoms with Crippen molar-refractivity contribution >= 4 is 38.4 Å². The second kappa shape index (κ2) is 6.02. The van der Waals surface area contributed by atoms with Crippen LogP contribution >= 0.6 is 27.5 Å². The fourth-order valence-electron chi connectivity index (χ4n) is 2.44. The number of aromatic amines is 1. The summed E-state index contributed by atoms with van der Waals surface area (Å²) >= 11 is 9.20. The monoisotopic (exact) mass is 417 g/mol. The normalized spacial score (nSPS) is 11.1. The molecule has 0 aliphatic rings. The highest BCUT2D eigenvalue weighted by Gasteiger charge is 2.15. The lowest BCUT2D eigenvalue weighted by atomic mass is 10.1. The molecule has 0 spiro atoms. The molecule has 4 rings (SSSR count). The Morgan fingerprint density at radius 2 is 2.00 bits per heavy atom. The van der Waals surface area contributed by atoms with Gasteiger partial charge in [-0.2, -0.15) is 4.98 Å². The number of benzene rings is 2. The number of phenolic OH excluding ortho intramolecular Hbond substituents is 1. The summed E-state index contributed by atoms with van der Waals surface area (Å²) in [5, 5.41) is 14.6. The molecule has 6 nitrogen and oxygen atoms in total. The van der Waals surface area contributed by atoms with Crippen molar-refractivity contribution in [1.82, 2.24) is 15.1 Å². The predicted octanol–water partition coefficient (Wildman–Crippen LogP) is 4.37. The van der Waals surface area contributed by atoms with Gasteiger partial charge < -0.3 is 14.6 Å². The fourth-order valence-corrected chi connectivity index (χ4v) is 2.94. The number of hydrogen-bond donors (Lipinski definition) is 2. The number of nitrogens with zero attached hydrogens (tertiary/aromatic N) is 2. The Bertz CT molecular complexity index is 1170. The first-order valence-corrected chi connectivity index (χ1v) is 8.34. The largest absolute Gasteiger partial charge is 0.506 e. The number of halogens is 2. The van der Waals surface area contributed by atoms with Gasteiger partial charge in [0.2, 0.25) is 5.82 Å². The lowest BCUT2D eigenvalue weighted by Crippen LogP contribution is -2.09. The minimum absolute atomic E-state index is 0.0904. The van der Waals surface area contributed by atoms with Gasteiger partial charge in [-0.3, -0.25) is 4.79 Å². The fraction of sp³-hybridized carbons (Fsp3) is 0. The molecule has 2 aromatic carbocycles. The molecular weight excluding hydrogens is 410 g/mol. The molecule has 0 radical (unpaired) electrons. The van der Waals surface area contributed by atoms with E-state index in [0.717, 1.165) is 9.86 Å². The maximum absolute atomic E-state index is 12.3. The highest BCUT2D eigenvalue weighted by Crippen LogP contribution is 2.29. The molecule has 0 amide bonds. The lowest BCUT2D eigenvalue weighted by molar-refractivity contribution is 0.431. The van der Waals surface area contributed by atoms with Gasteiger partial charge in [0.25, 0.3) is 11.4 Å². The molecule has 25 heavy (non-hydrogen) atoms. The summed E-state index contributed by atoms with van der Waals surface area (Å²) in [5.41, 5.74) is 1.18. The van der Waals surface area contributed by atoms with Gasteiger partial charge in [0.15, 0.2) is 0 Å². The van der Waals surface area contributed by atoms with Crippen LogP contribution in [0.25, 0.3) is 33.7 Å². The van der Waals surface area contributed by atoms with Gasteiger partial charge in [-0.25, -0.2) is 0 Å². The summed E-state index contributed by atoms with van der Waals surface area (Å²) < 4.78 is 6.11. The maximum atomic E-state index is 12.3. The van der Waals surface area contributed by atoms with Crippen molar-refractivity contribution in [2.24, 2.45) is 0 Å². The van der Waals surface area contributed by atoms with Crippen molar-refractivity contribution in [2.45, 2.75) is 0 Å². The minimum atomic E-state index is -0.318. The smallest absolute Gasteiger partial charge is 0.259 e. The minimum Gasteiger partial charge on any atom is -0.506 e. The number of phenols is 1. The van der Waals surface area contributed by atoms with E-state index in [4.69, 9.17) is 16.1 Å². The highest BCUT2D eigenvalue weighted by molar-refractivity contribution is 9.10. The topological polar surface area (TPSA) is 92.0 Å². The molecule has 0 fully saturated rings. The molecule has 0 aliphatic heterocycles. The first-order valence-electron chi connectivity index (χ1n) is 7.17. The van der Waals surface area contributed by atoms with Crippen molar-refractivity contribution in [3.05, 3.63) is 62.3 Å². The molecular formula is C17H9BrClN3O3. The quantitative estimate of drug-likeness (QED) is 0.504. The number of rotatable bonds is 2. The molecule has 8 heteroatoms. The first kappa shape index (κ1) is 15.9. The summed E-state index contributed by atoms with van der Waals surface area (Å²) in [6, 6.07) is 11.8. The van der Waals surface area contributed by atoms with Gasteiger partial charge >= 0.3 is 0 Å². The van der Waals surface area contributed by atoms with E-state index in [2.05, 4.69) is 31.1 Å².